The van der Waals surface area contributed by atoms with Crippen LogP contribution in [0.25, 0.3) is 0 Å². The third-order valence-electron chi connectivity index (χ3n) is 6.51. The second-order valence-electron chi connectivity index (χ2n) is 8.74. The third kappa shape index (κ3) is 3.74. The zero-order chi connectivity index (χ0) is 25.0. The summed E-state index contributed by atoms with van der Waals surface area (Å²) in [5.41, 5.74) is -0.0797. The number of fused-ring (bicyclic) bond motifs is 6. The lowest BCUT2D eigenvalue weighted by Gasteiger charge is -2.35. The second kappa shape index (κ2) is 8.30. The number of aromatic nitrogens is 1. The van der Waals surface area contributed by atoms with Crippen molar-refractivity contribution in [3.8, 4) is 5.75 Å². The van der Waals surface area contributed by atoms with Gasteiger partial charge in [0.15, 0.2) is 23.1 Å². The molecule has 35 heavy (non-hydrogen) atoms. The molecule has 0 saturated carbocycles. The average Bonchev–Trinajstić information content (AvgIpc) is 2.97. The van der Waals surface area contributed by atoms with Crippen LogP contribution < -0.4 is 10.7 Å². The van der Waals surface area contributed by atoms with E-state index in [0.29, 0.717) is 16.7 Å². The number of carbonyl (C=O) groups excluding carboxylic acids is 2. The number of rotatable bonds is 3. The summed E-state index contributed by atoms with van der Waals surface area (Å²) in [7, 11) is 0. The molecule has 10 heteroatoms. The fourth-order valence-corrected chi connectivity index (χ4v) is 4.66. The van der Waals surface area contributed by atoms with Crippen LogP contribution in [0.5, 0.6) is 5.75 Å². The van der Waals surface area contributed by atoms with Gasteiger partial charge < -0.3 is 19.9 Å². The number of amides is 2. The number of carbonyl (C=O) groups is 2. The fraction of sp³-hybridized carbons (Fsp3) is 0.240. The lowest BCUT2D eigenvalue weighted by molar-refractivity contribution is 0.0686. The molecule has 2 aromatic carbocycles. The molecule has 2 bridgehead atoms. The van der Waals surface area contributed by atoms with Crippen LogP contribution in [0, 0.1) is 24.4 Å². The number of hydrogen-bond donors (Lipinski definition) is 2. The van der Waals surface area contributed by atoms with Crippen molar-refractivity contribution < 1.29 is 27.9 Å². The Hall–Kier alpha value is -4.08. The molecule has 2 aliphatic heterocycles. The van der Waals surface area contributed by atoms with Crippen LogP contribution in [0.2, 0.25) is 0 Å². The highest BCUT2D eigenvalue weighted by Gasteiger charge is 2.38. The lowest BCUT2D eigenvalue weighted by Crippen LogP contribution is -2.45. The molecule has 2 N–H and O–H groups in total. The number of halogens is 3. The molecular formula is C25H20F3N3O4. The number of aryl methyl sites for hydroxylation is 1. The third-order valence-corrected chi connectivity index (χ3v) is 6.51. The van der Waals surface area contributed by atoms with Gasteiger partial charge in [0.2, 0.25) is 5.43 Å². The maximum Gasteiger partial charge on any atom is 0.274 e. The smallest absolute Gasteiger partial charge is 0.274 e. The highest BCUT2D eigenvalue weighted by atomic mass is 19.2. The van der Waals surface area contributed by atoms with Gasteiger partial charge in [-0.3, -0.25) is 14.4 Å². The van der Waals surface area contributed by atoms with Gasteiger partial charge in [-0.1, -0.05) is 12.1 Å². The Morgan fingerprint density at radius 2 is 1.86 bits per heavy atom. The first-order chi connectivity index (χ1) is 16.7. The van der Waals surface area contributed by atoms with Crippen molar-refractivity contribution in [3.05, 3.63) is 97.7 Å². The Kier molecular flexibility index (Phi) is 5.38. The number of nitrogens with zero attached hydrogens (tertiary/aromatic N) is 2. The van der Waals surface area contributed by atoms with Gasteiger partial charge in [-0.25, -0.2) is 13.2 Å². The van der Waals surface area contributed by atoms with E-state index in [0.717, 1.165) is 18.3 Å². The van der Waals surface area contributed by atoms with Crippen molar-refractivity contribution in [2.45, 2.75) is 25.9 Å². The topological polar surface area (TPSA) is 91.6 Å². The first-order valence-electron chi connectivity index (χ1n) is 10.9. The van der Waals surface area contributed by atoms with Gasteiger partial charge in [-0.15, -0.1) is 0 Å². The quantitative estimate of drug-likeness (QED) is 0.600. The molecule has 1 aromatic heterocycles. The van der Waals surface area contributed by atoms with Crippen LogP contribution in [-0.4, -0.2) is 39.5 Å². The summed E-state index contributed by atoms with van der Waals surface area (Å²) in [5, 5.41) is 13.1. The van der Waals surface area contributed by atoms with E-state index >= 15 is 0 Å². The molecule has 3 heterocycles. The molecule has 0 radical (unpaired) electrons. The highest BCUT2D eigenvalue weighted by molar-refractivity contribution is 5.99. The van der Waals surface area contributed by atoms with E-state index in [1.807, 2.05) is 0 Å². The number of benzene rings is 2. The minimum absolute atomic E-state index is 0.0852. The molecule has 2 aliphatic rings. The van der Waals surface area contributed by atoms with E-state index in [2.05, 4.69) is 5.32 Å². The van der Waals surface area contributed by atoms with E-state index < -0.39 is 52.0 Å². The number of hydrogen-bond acceptors (Lipinski definition) is 4. The van der Waals surface area contributed by atoms with Gasteiger partial charge >= 0.3 is 0 Å². The van der Waals surface area contributed by atoms with Crippen molar-refractivity contribution in [3.63, 3.8) is 0 Å². The molecule has 180 valence electrons. The van der Waals surface area contributed by atoms with Crippen LogP contribution in [-0.2, 0) is 13.0 Å². The fourth-order valence-electron chi connectivity index (χ4n) is 4.66. The van der Waals surface area contributed by atoms with E-state index in [9.17, 15) is 32.7 Å². The van der Waals surface area contributed by atoms with Crippen LogP contribution >= 0.6 is 0 Å². The molecule has 0 spiro atoms. The Morgan fingerprint density at radius 3 is 2.60 bits per heavy atom. The Balaban J connectivity index is 1.57. The summed E-state index contributed by atoms with van der Waals surface area (Å²) in [6.45, 7) is 1.78. The molecule has 0 aliphatic carbocycles. The molecule has 7 nitrogen and oxygen atoms in total. The minimum atomic E-state index is -1.07. The predicted molar refractivity (Wildman–Crippen MR) is 119 cm³/mol. The normalized spacial score (nSPS) is 16.4. The first-order valence-corrected chi connectivity index (χ1v) is 10.9. The number of nitrogens with one attached hydrogen (secondary N) is 1. The van der Waals surface area contributed by atoms with E-state index in [1.165, 1.54) is 21.6 Å². The van der Waals surface area contributed by atoms with Gasteiger partial charge in [0.25, 0.3) is 11.8 Å². The Morgan fingerprint density at radius 1 is 1.11 bits per heavy atom. The molecule has 0 saturated heterocycles. The van der Waals surface area contributed by atoms with Crippen LogP contribution in [0.1, 0.15) is 49.1 Å². The van der Waals surface area contributed by atoms with Crippen molar-refractivity contribution in [2.24, 2.45) is 0 Å². The Bertz CT molecular complexity index is 1470. The van der Waals surface area contributed by atoms with Gasteiger partial charge in [-0.2, -0.15) is 0 Å². The number of aromatic hydroxyl groups is 1. The van der Waals surface area contributed by atoms with Crippen molar-refractivity contribution >= 4 is 11.8 Å². The van der Waals surface area contributed by atoms with Crippen molar-refractivity contribution in [1.82, 2.24) is 14.8 Å². The second-order valence-corrected chi connectivity index (χ2v) is 8.74. The van der Waals surface area contributed by atoms with Gasteiger partial charge in [-0.05, 0) is 48.2 Å². The van der Waals surface area contributed by atoms with Crippen LogP contribution in [0.4, 0.5) is 13.2 Å². The summed E-state index contributed by atoms with van der Waals surface area (Å²) in [5.74, 6) is -5.03. The van der Waals surface area contributed by atoms with Crippen molar-refractivity contribution in [1.29, 1.82) is 0 Å². The maximum atomic E-state index is 14.1. The largest absolute Gasteiger partial charge is 0.503 e. The Labute approximate surface area is 197 Å². The molecule has 2 amide bonds. The van der Waals surface area contributed by atoms with E-state index in [-0.39, 0.29) is 37.3 Å². The average molecular weight is 483 g/mol. The minimum Gasteiger partial charge on any atom is -0.503 e. The van der Waals surface area contributed by atoms with Crippen LogP contribution in [0.15, 0.2) is 41.3 Å². The molecule has 5 rings (SSSR count). The SMILES string of the molecule is Cc1ccc(CNC(=O)c2cn3c(c(O)c2=O)C(=O)N2CCc4cc(F)c(F)cc4[C@@H]3C2)c(F)c1. The predicted octanol–water partition coefficient (Wildman–Crippen LogP) is 2.81. The van der Waals surface area contributed by atoms with E-state index in [4.69, 9.17) is 0 Å². The summed E-state index contributed by atoms with van der Waals surface area (Å²) < 4.78 is 43.4. The van der Waals surface area contributed by atoms with Gasteiger partial charge in [0.1, 0.15) is 11.4 Å². The molecule has 1 atom stereocenters. The monoisotopic (exact) mass is 483 g/mol. The van der Waals surface area contributed by atoms with Gasteiger partial charge in [0.05, 0.1) is 6.04 Å². The highest BCUT2D eigenvalue weighted by Crippen LogP contribution is 2.35. The molecule has 0 fully saturated rings. The maximum absolute atomic E-state index is 14.1. The zero-order valence-corrected chi connectivity index (χ0v) is 18.6. The summed E-state index contributed by atoms with van der Waals surface area (Å²) in [4.78, 5) is 40.1. The standard InChI is InChI=1S/C25H20F3N3O4/c1-12-2-3-14(17(26)6-12)9-29-24(34)16-10-31-20-11-30(25(35)21(31)23(33)22(16)32)5-4-13-7-18(27)19(28)8-15(13)20/h2-3,6-8,10,20,33H,4-5,9,11H2,1H3,(H,29,34)/t20-/m0/s1. The van der Waals surface area contributed by atoms with Gasteiger partial charge in [0, 0.05) is 31.4 Å². The zero-order valence-electron chi connectivity index (χ0n) is 18.6. The first kappa shape index (κ1) is 22.7. The lowest BCUT2D eigenvalue weighted by atomic mass is 9.97. The summed E-state index contributed by atoms with van der Waals surface area (Å²) in [6.07, 6.45) is 1.39. The molecular weight excluding hydrogens is 463 g/mol. The van der Waals surface area contributed by atoms with Crippen molar-refractivity contribution in [2.75, 3.05) is 13.1 Å². The van der Waals surface area contributed by atoms with E-state index in [1.54, 1.807) is 13.0 Å². The summed E-state index contributed by atoms with van der Waals surface area (Å²) in [6, 6.07) is 5.83. The molecule has 0 unspecified atom stereocenters. The summed E-state index contributed by atoms with van der Waals surface area (Å²) >= 11 is 0. The molecule has 3 aromatic rings. The number of pyridine rings is 1. The van der Waals surface area contributed by atoms with Crippen LogP contribution in [0.3, 0.4) is 0 Å².